The van der Waals surface area contributed by atoms with Crippen LogP contribution in [-0.2, 0) is 11.3 Å². The van der Waals surface area contributed by atoms with Gasteiger partial charge in [-0.05, 0) is 37.5 Å². The number of hydrogen-bond acceptors (Lipinski definition) is 3. The van der Waals surface area contributed by atoms with Gasteiger partial charge < -0.3 is 9.64 Å². The third kappa shape index (κ3) is 3.60. The normalized spacial score (nSPS) is 25.6. The minimum absolute atomic E-state index is 0.112. The van der Waals surface area contributed by atoms with E-state index in [2.05, 4.69) is 4.74 Å². The second kappa shape index (κ2) is 6.03. The predicted octanol–water partition coefficient (Wildman–Crippen LogP) is 2.78. The van der Waals surface area contributed by atoms with Crippen molar-refractivity contribution in [1.82, 2.24) is 9.80 Å². The molecule has 126 valence electrons. The average molecular weight is 328 g/mol. The highest BCUT2D eigenvalue weighted by Crippen LogP contribution is 2.28. The first-order chi connectivity index (χ1) is 10.8. The molecule has 0 radical (unpaired) electrons. The summed E-state index contributed by atoms with van der Waals surface area (Å²) in [5, 5.41) is 0. The van der Waals surface area contributed by atoms with Crippen molar-refractivity contribution in [2.45, 2.75) is 44.8 Å². The molecule has 2 fully saturated rings. The molecule has 0 unspecified atom stereocenters. The number of ether oxygens (including phenoxy) is 1. The Morgan fingerprint density at radius 3 is 2.87 bits per heavy atom. The number of carbonyl (C=O) groups excluding carboxylic acids is 1. The summed E-state index contributed by atoms with van der Waals surface area (Å²) in [7, 11) is 0. The zero-order chi connectivity index (χ0) is 16.6. The largest absolute Gasteiger partial charge is 0.573 e. The van der Waals surface area contributed by atoms with E-state index in [0.29, 0.717) is 12.1 Å². The van der Waals surface area contributed by atoms with Gasteiger partial charge >= 0.3 is 6.36 Å². The van der Waals surface area contributed by atoms with Crippen molar-refractivity contribution in [3.63, 3.8) is 0 Å². The SMILES string of the molecule is C[C@H]1C(=O)N2CCC[C@H]2CN1Cc1cccc(OC(F)(F)F)c1. The lowest BCUT2D eigenvalue weighted by atomic mass is 10.1. The van der Waals surface area contributed by atoms with Crippen LogP contribution in [-0.4, -0.2) is 47.2 Å². The van der Waals surface area contributed by atoms with Crippen molar-refractivity contribution in [3.8, 4) is 5.75 Å². The van der Waals surface area contributed by atoms with Crippen LogP contribution in [0.3, 0.4) is 0 Å². The van der Waals surface area contributed by atoms with E-state index in [0.717, 1.165) is 25.9 Å². The molecule has 0 spiro atoms. The third-order valence-electron chi connectivity index (χ3n) is 4.53. The van der Waals surface area contributed by atoms with Crippen LogP contribution in [0.2, 0.25) is 0 Å². The molecule has 0 N–H and O–H groups in total. The number of benzene rings is 1. The quantitative estimate of drug-likeness (QED) is 0.855. The molecule has 1 amide bonds. The molecule has 0 aromatic heterocycles. The number of amides is 1. The molecule has 2 aliphatic heterocycles. The second-order valence-electron chi connectivity index (χ2n) is 6.13. The third-order valence-corrected chi connectivity index (χ3v) is 4.53. The van der Waals surface area contributed by atoms with E-state index in [9.17, 15) is 18.0 Å². The highest BCUT2D eigenvalue weighted by Gasteiger charge is 2.40. The zero-order valence-electron chi connectivity index (χ0n) is 12.8. The number of fused-ring (bicyclic) bond motifs is 1. The highest BCUT2D eigenvalue weighted by atomic mass is 19.4. The van der Waals surface area contributed by atoms with Gasteiger partial charge in [0.2, 0.25) is 5.91 Å². The van der Waals surface area contributed by atoms with E-state index in [4.69, 9.17) is 0 Å². The molecule has 2 aliphatic rings. The number of piperazine rings is 1. The Morgan fingerprint density at radius 1 is 1.35 bits per heavy atom. The van der Waals surface area contributed by atoms with Crippen LogP contribution in [0.4, 0.5) is 13.2 Å². The topological polar surface area (TPSA) is 32.8 Å². The molecule has 1 aromatic carbocycles. The van der Waals surface area contributed by atoms with Gasteiger partial charge in [0, 0.05) is 25.7 Å². The fourth-order valence-corrected chi connectivity index (χ4v) is 3.42. The van der Waals surface area contributed by atoms with Crippen molar-refractivity contribution in [3.05, 3.63) is 29.8 Å². The van der Waals surface area contributed by atoms with Gasteiger partial charge in [-0.3, -0.25) is 9.69 Å². The molecule has 0 bridgehead atoms. The number of hydrogen-bond donors (Lipinski definition) is 0. The lowest BCUT2D eigenvalue weighted by Gasteiger charge is -2.41. The first-order valence-corrected chi connectivity index (χ1v) is 7.73. The smallest absolute Gasteiger partial charge is 0.406 e. The Kier molecular flexibility index (Phi) is 4.23. The van der Waals surface area contributed by atoms with Crippen LogP contribution < -0.4 is 4.74 Å². The van der Waals surface area contributed by atoms with Crippen molar-refractivity contribution in [1.29, 1.82) is 0 Å². The van der Waals surface area contributed by atoms with Gasteiger partial charge in [-0.1, -0.05) is 12.1 Å². The van der Waals surface area contributed by atoms with Gasteiger partial charge in [-0.2, -0.15) is 0 Å². The molecule has 3 rings (SSSR count). The second-order valence-corrected chi connectivity index (χ2v) is 6.13. The van der Waals surface area contributed by atoms with Crippen LogP contribution >= 0.6 is 0 Å². The van der Waals surface area contributed by atoms with Gasteiger partial charge in [0.15, 0.2) is 0 Å². The first kappa shape index (κ1) is 16.1. The summed E-state index contributed by atoms with van der Waals surface area (Å²) in [6.45, 7) is 3.87. The van der Waals surface area contributed by atoms with Crippen molar-refractivity contribution >= 4 is 5.91 Å². The van der Waals surface area contributed by atoms with E-state index >= 15 is 0 Å². The summed E-state index contributed by atoms with van der Waals surface area (Å²) < 4.78 is 40.9. The molecular weight excluding hydrogens is 309 g/mol. The molecule has 0 aliphatic carbocycles. The lowest BCUT2D eigenvalue weighted by Crippen LogP contribution is -2.58. The highest BCUT2D eigenvalue weighted by molar-refractivity contribution is 5.83. The van der Waals surface area contributed by atoms with Crippen LogP contribution in [0.15, 0.2) is 24.3 Å². The van der Waals surface area contributed by atoms with E-state index < -0.39 is 6.36 Å². The standard InChI is InChI=1S/C16H19F3N2O2/c1-11-15(22)21-7-3-5-13(21)10-20(11)9-12-4-2-6-14(8-12)23-16(17,18)19/h2,4,6,8,11,13H,3,5,7,9-10H2,1H3/t11-,13-/m0/s1. The van der Waals surface area contributed by atoms with Gasteiger partial charge in [0.05, 0.1) is 6.04 Å². The Bertz CT molecular complexity index is 591. The van der Waals surface area contributed by atoms with Gasteiger partial charge in [0.25, 0.3) is 0 Å². The summed E-state index contributed by atoms with van der Waals surface area (Å²) in [5.74, 6) is -0.116. The van der Waals surface area contributed by atoms with E-state index in [1.54, 1.807) is 6.07 Å². The number of alkyl halides is 3. The fraction of sp³-hybridized carbons (Fsp3) is 0.562. The maximum absolute atomic E-state index is 12.4. The summed E-state index contributed by atoms with van der Waals surface area (Å²) in [6, 6.07) is 5.92. The number of halogens is 3. The Hall–Kier alpha value is -1.76. The first-order valence-electron chi connectivity index (χ1n) is 7.73. The van der Waals surface area contributed by atoms with Crippen LogP contribution in [0, 0.1) is 0 Å². The minimum Gasteiger partial charge on any atom is -0.406 e. The van der Waals surface area contributed by atoms with Crippen molar-refractivity contribution < 1.29 is 22.7 Å². The van der Waals surface area contributed by atoms with Crippen molar-refractivity contribution in [2.24, 2.45) is 0 Å². The van der Waals surface area contributed by atoms with Crippen LogP contribution in [0.5, 0.6) is 5.75 Å². The Balaban J connectivity index is 1.71. The summed E-state index contributed by atoms with van der Waals surface area (Å²) in [6.07, 6.45) is -2.69. The van der Waals surface area contributed by atoms with E-state index in [-0.39, 0.29) is 23.7 Å². The number of nitrogens with zero attached hydrogens (tertiary/aromatic N) is 2. The maximum atomic E-state index is 12.4. The number of rotatable bonds is 3. The monoisotopic (exact) mass is 328 g/mol. The Labute approximate surface area is 132 Å². The maximum Gasteiger partial charge on any atom is 0.573 e. The van der Waals surface area contributed by atoms with Crippen LogP contribution in [0.25, 0.3) is 0 Å². The Morgan fingerprint density at radius 2 is 2.13 bits per heavy atom. The summed E-state index contributed by atoms with van der Waals surface area (Å²) in [5.41, 5.74) is 0.706. The van der Waals surface area contributed by atoms with E-state index in [1.165, 1.54) is 18.2 Å². The van der Waals surface area contributed by atoms with Crippen molar-refractivity contribution in [2.75, 3.05) is 13.1 Å². The van der Waals surface area contributed by atoms with E-state index in [1.807, 2.05) is 16.7 Å². The molecule has 2 heterocycles. The molecule has 7 heteroatoms. The summed E-state index contributed by atoms with van der Waals surface area (Å²) in [4.78, 5) is 16.3. The molecule has 4 nitrogen and oxygen atoms in total. The predicted molar refractivity (Wildman–Crippen MR) is 77.7 cm³/mol. The lowest BCUT2D eigenvalue weighted by molar-refractivity contribution is -0.274. The average Bonchev–Trinajstić information content (AvgIpc) is 2.91. The molecule has 2 atom stereocenters. The van der Waals surface area contributed by atoms with Gasteiger partial charge in [-0.25, -0.2) is 0 Å². The summed E-state index contributed by atoms with van der Waals surface area (Å²) >= 11 is 0. The van der Waals surface area contributed by atoms with Gasteiger partial charge in [-0.15, -0.1) is 13.2 Å². The molecule has 2 saturated heterocycles. The fourth-order valence-electron chi connectivity index (χ4n) is 3.42. The molecule has 23 heavy (non-hydrogen) atoms. The minimum atomic E-state index is -4.70. The molecule has 1 aromatic rings. The van der Waals surface area contributed by atoms with Gasteiger partial charge in [0.1, 0.15) is 5.75 Å². The molecule has 0 saturated carbocycles. The molecular formula is C16H19F3N2O2. The number of carbonyl (C=O) groups is 1. The zero-order valence-corrected chi connectivity index (χ0v) is 12.8. The van der Waals surface area contributed by atoms with Crippen LogP contribution in [0.1, 0.15) is 25.3 Å².